The summed E-state index contributed by atoms with van der Waals surface area (Å²) in [6.45, 7) is 0. The van der Waals surface area contributed by atoms with Gasteiger partial charge in [0.25, 0.3) is 5.56 Å². The zero-order chi connectivity index (χ0) is 9.42. The van der Waals surface area contributed by atoms with Gasteiger partial charge in [0.1, 0.15) is 10.7 Å². The van der Waals surface area contributed by atoms with E-state index in [4.69, 9.17) is 23.2 Å². The minimum atomic E-state index is -0.469. The zero-order valence-corrected chi connectivity index (χ0v) is 7.73. The molecule has 0 aliphatic heterocycles. The molecular weight excluding hydrogens is 213 g/mol. The molecule has 6 heteroatoms. The highest BCUT2D eigenvalue weighted by Crippen LogP contribution is 2.10. The topological polar surface area (TPSA) is 58.6 Å². The summed E-state index contributed by atoms with van der Waals surface area (Å²) < 4.78 is 0. The van der Waals surface area contributed by atoms with E-state index in [1.807, 2.05) is 0 Å². The normalized spacial score (nSPS) is 10.6. The first-order valence-corrected chi connectivity index (χ1v) is 4.14. The molecule has 0 atom stereocenters. The van der Waals surface area contributed by atoms with E-state index < -0.39 is 5.56 Å². The maximum Gasteiger partial charge on any atom is 0.287 e. The number of hydrogen-bond donors (Lipinski definition) is 1. The number of hydrogen-bond acceptors (Lipinski definition) is 3. The smallest absolute Gasteiger partial charge is 0.287 e. The van der Waals surface area contributed by atoms with Crippen molar-refractivity contribution in [2.45, 2.75) is 0 Å². The fourth-order valence-electron chi connectivity index (χ4n) is 0.926. The molecule has 0 spiro atoms. The van der Waals surface area contributed by atoms with Crippen LogP contribution in [0.25, 0.3) is 11.2 Å². The van der Waals surface area contributed by atoms with E-state index in [1.54, 1.807) is 12.1 Å². The van der Waals surface area contributed by atoms with Gasteiger partial charge in [0.15, 0.2) is 10.8 Å². The summed E-state index contributed by atoms with van der Waals surface area (Å²) in [5, 5.41) is 0.198. The lowest BCUT2D eigenvalue weighted by Crippen LogP contribution is -2.08. The van der Waals surface area contributed by atoms with Gasteiger partial charge in [-0.05, 0) is 12.1 Å². The van der Waals surface area contributed by atoms with Crippen molar-refractivity contribution in [2.24, 2.45) is 0 Å². The van der Waals surface area contributed by atoms with E-state index in [-0.39, 0.29) is 5.15 Å². The van der Waals surface area contributed by atoms with Crippen LogP contribution >= 0.6 is 23.2 Å². The van der Waals surface area contributed by atoms with Gasteiger partial charge < -0.3 is 4.98 Å². The summed E-state index contributed by atoms with van der Waals surface area (Å²) in [4.78, 5) is 21.1. The summed E-state index contributed by atoms with van der Waals surface area (Å²) >= 11 is 11.1. The summed E-state index contributed by atoms with van der Waals surface area (Å²) in [5.41, 5.74) is 0.375. The lowest BCUT2D eigenvalue weighted by molar-refractivity contribution is 1.17. The van der Waals surface area contributed by atoms with Gasteiger partial charge in [0.05, 0.1) is 0 Å². The monoisotopic (exact) mass is 215 g/mol. The molecule has 0 radical (unpaired) electrons. The molecule has 0 amide bonds. The van der Waals surface area contributed by atoms with Gasteiger partial charge in [-0.3, -0.25) is 4.79 Å². The van der Waals surface area contributed by atoms with E-state index in [2.05, 4.69) is 15.0 Å². The second kappa shape index (κ2) is 2.97. The molecule has 0 bridgehead atoms. The molecule has 0 fully saturated rings. The molecule has 0 aliphatic rings. The van der Waals surface area contributed by atoms with E-state index in [9.17, 15) is 4.79 Å². The van der Waals surface area contributed by atoms with E-state index >= 15 is 0 Å². The molecule has 2 aromatic heterocycles. The van der Waals surface area contributed by atoms with Crippen LogP contribution in [0.15, 0.2) is 16.9 Å². The Morgan fingerprint density at radius 3 is 2.77 bits per heavy atom. The number of fused-ring (bicyclic) bond motifs is 1. The summed E-state index contributed by atoms with van der Waals surface area (Å²) in [6.07, 6.45) is 0. The van der Waals surface area contributed by atoms with Crippen LogP contribution in [0.1, 0.15) is 0 Å². The average Bonchev–Trinajstić information content (AvgIpc) is 2.08. The second-order valence-electron chi connectivity index (χ2n) is 2.36. The largest absolute Gasteiger partial charge is 0.303 e. The summed E-state index contributed by atoms with van der Waals surface area (Å²) in [5.74, 6) is 0. The number of halogens is 2. The van der Waals surface area contributed by atoms with Gasteiger partial charge in [-0.2, -0.15) is 0 Å². The van der Waals surface area contributed by atoms with E-state index in [1.165, 1.54) is 0 Å². The molecule has 66 valence electrons. The predicted octanol–water partition coefficient (Wildman–Crippen LogP) is 1.62. The zero-order valence-electron chi connectivity index (χ0n) is 6.21. The number of nitrogens with zero attached hydrogens (tertiary/aromatic N) is 2. The fraction of sp³-hybridized carbons (Fsp3) is 0. The molecule has 1 N–H and O–H groups in total. The summed E-state index contributed by atoms with van der Waals surface area (Å²) in [6, 6.07) is 3.21. The maximum absolute atomic E-state index is 11.0. The van der Waals surface area contributed by atoms with Gasteiger partial charge in [-0.25, -0.2) is 9.97 Å². The van der Waals surface area contributed by atoms with Crippen LogP contribution in [0, 0.1) is 0 Å². The predicted molar refractivity (Wildman–Crippen MR) is 50.2 cm³/mol. The Morgan fingerprint density at radius 2 is 2.00 bits per heavy atom. The van der Waals surface area contributed by atoms with Crippen molar-refractivity contribution < 1.29 is 0 Å². The average molecular weight is 216 g/mol. The van der Waals surface area contributed by atoms with Crippen molar-refractivity contribution in [1.29, 1.82) is 0 Å². The highest BCUT2D eigenvalue weighted by molar-refractivity contribution is 6.30. The molecule has 2 aromatic rings. The molecule has 13 heavy (non-hydrogen) atoms. The molecule has 0 aliphatic carbocycles. The first kappa shape index (κ1) is 8.47. The van der Waals surface area contributed by atoms with Crippen LogP contribution in [0.2, 0.25) is 10.3 Å². The molecule has 2 heterocycles. The van der Waals surface area contributed by atoms with Crippen LogP contribution in [-0.2, 0) is 0 Å². The Morgan fingerprint density at radius 1 is 1.23 bits per heavy atom. The van der Waals surface area contributed by atoms with Crippen molar-refractivity contribution in [3.05, 3.63) is 32.8 Å². The van der Waals surface area contributed by atoms with Crippen molar-refractivity contribution in [3.8, 4) is 0 Å². The number of rotatable bonds is 0. The van der Waals surface area contributed by atoms with Gasteiger partial charge in [-0.15, -0.1) is 0 Å². The standard InChI is InChI=1S/C7H3Cl2N3O/c8-4-2-1-3-6(11-4)12-7(13)5(9)10-3/h1-2H,(H,11,12,13). The molecule has 0 unspecified atom stereocenters. The second-order valence-corrected chi connectivity index (χ2v) is 3.10. The molecule has 0 saturated carbocycles. The SMILES string of the molecule is O=c1[nH]c2nc(Cl)ccc2nc1Cl. The van der Waals surface area contributed by atoms with Crippen molar-refractivity contribution in [3.63, 3.8) is 0 Å². The number of nitrogens with one attached hydrogen (secondary N) is 1. The Hall–Kier alpha value is -1.13. The third-order valence-corrected chi connectivity index (χ3v) is 1.94. The van der Waals surface area contributed by atoms with Gasteiger partial charge in [0.2, 0.25) is 0 Å². The Kier molecular flexibility index (Phi) is 1.94. The van der Waals surface area contributed by atoms with E-state index in [0.29, 0.717) is 16.3 Å². The molecule has 0 aromatic carbocycles. The van der Waals surface area contributed by atoms with Crippen LogP contribution in [0.4, 0.5) is 0 Å². The fourth-order valence-corrected chi connectivity index (χ4v) is 1.21. The summed E-state index contributed by atoms with van der Waals surface area (Å²) in [7, 11) is 0. The number of H-pyrrole nitrogens is 1. The molecule has 2 rings (SSSR count). The molecule has 0 saturated heterocycles. The Balaban J connectivity index is 2.89. The van der Waals surface area contributed by atoms with Crippen LogP contribution in [0.5, 0.6) is 0 Å². The lowest BCUT2D eigenvalue weighted by atomic mass is 10.4. The van der Waals surface area contributed by atoms with Crippen LogP contribution in [0.3, 0.4) is 0 Å². The Labute approximate surface area is 82.5 Å². The first-order valence-electron chi connectivity index (χ1n) is 3.39. The van der Waals surface area contributed by atoms with Gasteiger partial charge >= 0.3 is 0 Å². The third-order valence-electron chi connectivity index (χ3n) is 1.48. The first-order chi connectivity index (χ1) is 6.16. The van der Waals surface area contributed by atoms with Crippen molar-refractivity contribution in [2.75, 3.05) is 0 Å². The van der Waals surface area contributed by atoms with Gasteiger partial charge in [0, 0.05) is 0 Å². The highest BCUT2D eigenvalue weighted by Gasteiger charge is 2.02. The number of aromatic nitrogens is 3. The van der Waals surface area contributed by atoms with Crippen LogP contribution < -0.4 is 5.56 Å². The molecular formula is C7H3Cl2N3O. The number of aromatic amines is 1. The maximum atomic E-state index is 11.0. The highest BCUT2D eigenvalue weighted by atomic mass is 35.5. The quantitative estimate of drug-likeness (QED) is 0.680. The van der Waals surface area contributed by atoms with Crippen molar-refractivity contribution in [1.82, 2.24) is 15.0 Å². The minimum absolute atomic E-state index is 0.100. The van der Waals surface area contributed by atoms with E-state index in [0.717, 1.165) is 0 Å². The minimum Gasteiger partial charge on any atom is -0.303 e. The van der Waals surface area contributed by atoms with Crippen LogP contribution in [-0.4, -0.2) is 15.0 Å². The third kappa shape index (κ3) is 1.50. The number of pyridine rings is 1. The molecule has 4 nitrogen and oxygen atoms in total. The lowest BCUT2D eigenvalue weighted by Gasteiger charge is -1.96. The van der Waals surface area contributed by atoms with Gasteiger partial charge in [-0.1, -0.05) is 23.2 Å². The van der Waals surface area contributed by atoms with Crippen molar-refractivity contribution >= 4 is 34.4 Å². The Bertz CT molecular complexity index is 523.